The van der Waals surface area contributed by atoms with E-state index in [-0.39, 0.29) is 12.1 Å². The van der Waals surface area contributed by atoms with Gasteiger partial charge in [0.15, 0.2) is 0 Å². The Morgan fingerprint density at radius 1 is 0.968 bits per heavy atom. The molecule has 2 heterocycles. The van der Waals surface area contributed by atoms with Crippen molar-refractivity contribution in [2.24, 2.45) is 0 Å². The maximum absolute atomic E-state index is 9.17. The van der Waals surface area contributed by atoms with Crippen molar-refractivity contribution >= 4 is 0 Å². The highest BCUT2D eigenvalue weighted by atomic mass is 16.5. The predicted molar refractivity (Wildman–Crippen MR) is 126 cm³/mol. The average molecular weight is 424 g/mol. The third kappa shape index (κ3) is 5.54. The second-order valence-corrected chi connectivity index (χ2v) is 9.31. The molecule has 0 saturated carbocycles. The molecule has 0 aliphatic carbocycles. The lowest BCUT2D eigenvalue weighted by atomic mass is 9.90. The molecule has 168 valence electrons. The van der Waals surface area contributed by atoms with E-state index in [2.05, 4.69) is 77.5 Å². The summed E-state index contributed by atoms with van der Waals surface area (Å²) in [6, 6.07) is 17.8. The van der Waals surface area contributed by atoms with Crippen molar-refractivity contribution in [2.75, 3.05) is 52.4 Å². The molecule has 1 unspecified atom stereocenters. The minimum absolute atomic E-state index is 0.000126. The molecule has 1 atom stereocenters. The molecule has 2 aliphatic heterocycles. The maximum Gasteiger partial charge on any atom is 0.0721 e. The van der Waals surface area contributed by atoms with E-state index in [1.165, 1.54) is 22.3 Å². The van der Waals surface area contributed by atoms with Gasteiger partial charge in [0.05, 0.1) is 19.3 Å². The van der Waals surface area contributed by atoms with E-state index in [1.54, 1.807) is 0 Å². The minimum Gasteiger partial charge on any atom is -0.395 e. The van der Waals surface area contributed by atoms with Gasteiger partial charge in [-0.05, 0) is 49.1 Å². The Morgan fingerprint density at radius 2 is 1.61 bits per heavy atom. The van der Waals surface area contributed by atoms with Crippen LogP contribution < -0.4 is 5.32 Å². The van der Waals surface area contributed by atoms with Crippen molar-refractivity contribution in [1.82, 2.24) is 15.1 Å². The number of β-amino-alcohol motifs (C(OH)–C–C–N with tert-alkyl or cyclic N) is 1. The Labute approximate surface area is 187 Å². The van der Waals surface area contributed by atoms with Gasteiger partial charge in [-0.3, -0.25) is 9.80 Å². The number of piperazine rings is 1. The second kappa shape index (κ2) is 10.2. The molecule has 2 aromatic carbocycles. The van der Waals surface area contributed by atoms with Crippen LogP contribution in [-0.2, 0) is 16.9 Å². The third-order valence-corrected chi connectivity index (χ3v) is 6.96. The molecular weight excluding hydrogens is 386 g/mol. The van der Waals surface area contributed by atoms with E-state index in [0.29, 0.717) is 12.7 Å². The molecule has 0 radical (unpaired) electrons. The molecule has 2 saturated heterocycles. The van der Waals surface area contributed by atoms with E-state index in [0.717, 1.165) is 52.2 Å². The standard InChI is InChI=1S/C26H37N3O2/c1-26(2,29-15-13-28(14-16-29)17-18-30)24-9-7-23(8-10-24)22-5-3-21(4-6-22)20-31-25-11-12-27-19-25/h3-10,25,27,30H,11-20H2,1-2H3. The van der Waals surface area contributed by atoms with Crippen molar-refractivity contribution in [3.05, 3.63) is 59.7 Å². The molecule has 0 spiro atoms. The van der Waals surface area contributed by atoms with Crippen molar-refractivity contribution < 1.29 is 9.84 Å². The largest absolute Gasteiger partial charge is 0.395 e. The Balaban J connectivity index is 1.36. The van der Waals surface area contributed by atoms with Crippen LogP contribution >= 0.6 is 0 Å². The molecule has 2 fully saturated rings. The molecule has 2 aliphatic rings. The summed E-state index contributed by atoms with van der Waals surface area (Å²) in [4.78, 5) is 4.90. The SMILES string of the molecule is CC(C)(c1ccc(-c2ccc(COC3CCNC3)cc2)cc1)N1CCN(CCO)CC1. The topological polar surface area (TPSA) is 48.0 Å². The molecule has 31 heavy (non-hydrogen) atoms. The fourth-order valence-electron chi connectivity index (χ4n) is 4.70. The Bertz CT molecular complexity index is 806. The minimum atomic E-state index is 0.000126. The quantitative estimate of drug-likeness (QED) is 0.683. The number of aliphatic hydroxyl groups is 1. The molecule has 5 heteroatoms. The van der Waals surface area contributed by atoms with Crippen molar-refractivity contribution in [3.63, 3.8) is 0 Å². The van der Waals surface area contributed by atoms with Gasteiger partial charge in [-0.2, -0.15) is 0 Å². The van der Waals surface area contributed by atoms with Crippen LogP contribution in [0.25, 0.3) is 11.1 Å². The van der Waals surface area contributed by atoms with Gasteiger partial charge >= 0.3 is 0 Å². The van der Waals surface area contributed by atoms with Gasteiger partial charge in [-0.25, -0.2) is 0 Å². The lowest BCUT2D eigenvalue weighted by Gasteiger charge is -2.44. The normalized spacial score (nSPS) is 20.9. The molecule has 0 amide bonds. The summed E-state index contributed by atoms with van der Waals surface area (Å²) in [6.07, 6.45) is 1.47. The maximum atomic E-state index is 9.17. The van der Waals surface area contributed by atoms with Crippen LogP contribution in [0.4, 0.5) is 0 Å². The number of ether oxygens (including phenoxy) is 1. The molecule has 4 rings (SSSR count). The van der Waals surface area contributed by atoms with Gasteiger partial charge in [0.1, 0.15) is 0 Å². The first-order valence-electron chi connectivity index (χ1n) is 11.7. The smallest absolute Gasteiger partial charge is 0.0721 e. The van der Waals surface area contributed by atoms with Crippen LogP contribution in [0, 0.1) is 0 Å². The zero-order valence-electron chi connectivity index (χ0n) is 19.0. The van der Waals surface area contributed by atoms with Crippen LogP contribution in [0.3, 0.4) is 0 Å². The van der Waals surface area contributed by atoms with Crippen LogP contribution in [0.15, 0.2) is 48.5 Å². The van der Waals surface area contributed by atoms with Crippen molar-refractivity contribution in [3.8, 4) is 11.1 Å². The monoisotopic (exact) mass is 423 g/mol. The van der Waals surface area contributed by atoms with Crippen molar-refractivity contribution in [1.29, 1.82) is 0 Å². The van der Waals surface area contributed by atoms with Crippen LogP contribution in [-0.4, -0.2) is 73.4 Å². The van der Waals surface area contributed by atoms with Gasteiger partial charge in [-0.1, -0.05) is 48.5 Å². The summed E-state index contributed by atoms with van der Waals surface area (Å²) in [5.41, 5.74) is 5.07. The zero-order valence-corrected chi connectivity index (χ0v) is 19.0. The van der Waals surface area contributed by atoms with Gasteiger partial charge in [0.2, 0.25) is 0 Å². The van der Waals surface area contributed by atoms with E-state index in [9.17, 15) is 0 Å². The van der Waals surface area contributed by atoms with E-state index < -0.39 is 0 Å². The summed E-state index contributed by atoms with van der Waals surface area (Å²) in [5.74, 6) is 0. The van der Waals surface area contributed by atoms with Gasteiger partial charge < -0.3 is 15.2 Å². The summed E-state index contributed by atoms with van der Waals surface area (Å²) in [5, 5.41) is 12.5. The Kier molecular flexibility index (Phi) is 7.41. The predicted octanol–water partition coefficient (Wildman–Crippen LogP) is 3.08. The van der Waals surface area contributed by atoms with E-state index in [4.69, 9.17) is 9.84 Å². The number of hydrogen-bond acceptors (Lipinski definition) is 5. The first kappa shape index (κ1) is 22.4. The molecule has 5 nitrogen and oxygen atoms in total. The van der Waals surface area contributed by atoms with E-state index >= 15 is 0 Å². The molecular formula is C26H37N3O2. The van der Waals surface area contributed by atoms with Gasteiger partial charge in [-0.15, -0.1) is 0 Å². The Hall–Kier alpha value is -1.76. The summed E-state index contributed by atoms with van der Waals surface area (Å²) < 4.78 is 5.98. The fourth-order valence-corrected chi connectivity index (χ4v) is 4.70. The summed E-state index contributed by atoms with van der Waals surface area (Å²) >= 11 is 0. The van der Waals surface area contributed by atoms with E-state index in [1.807, 2.05) is 0 Å². The highest BCUT2D eigenvalue weighted by Crippen LogP contribution is 2.31. The Morgan fingerprint density at radius 3 is 2.19 bits per heavy atom. The van der Waals surface area contributed by atoms with Crippen LogP contribution in [0.2, 0.25) is 0 Å². The molecule has 2 N–H and O–H groups in total. The number of hydrogen-bond donors (Lipinski definition) is 2. The first-order chi connectivity index (χ1) is 15.1. The number of benzene rings is 2. The molecule has 0 aromatic heterocycles. The average Bonchev–Trinajstić information content (AvgIpc) is 3.33. The highest BCUT2D eigenvalue weighted by Gasteiger charge is 2.31. The number of nitrogens with zero attached hydrogens (tertiary/aromatic N) is 2. The van der Waals surface area contributed by atoms with Crippen LogP contribution in [0.5, 0.6) is 0 Å². The summed E-state index contributed by atoms with van der Waals surface area (Å²) in [6.45, 7) is 12.5. The van der Waals surface area contributed by atoms with Crippen molar-refractivity contribution in [2.45, 2.75) is 38.5 Å². The van der Waals surface area contributed by atoms with Gasteiger partial charge in [0, 0.05) is 44.8 Å². The number of aliphatic hydroxyl groups excluding tert-OH is 1. The zero-order chi connectivity index (χ0) is 21.7. The molecule has 0 bridgehead atoms. The highest BCUT2D eigenvalue weighted by molar-refractivity contribution is 5.64. The van der Waals surface area contributed by atoms with Crippen LogP contribution in [0.1, 0.15) is 31.4 Å². The molecule has 2 aromatic rings. The lowest BCUT2D eigenvalue weighted by molar-refractivity contribution is 0.0440. The lowest BCUT2D eigenvalue weighted by Crippen LogP contribution is -2.53. The summed E-state index contributed by atoms with van der Waals surface area (Å²) in [7, 11) is 0. The number of nitrogens with one attached hydrogen (secondary N) is 1. The number of rotatable bonds is 8. The third-order valence-electron chi connectivity index (χ3n) is 6.96. The first-order valence-corrected chi connectivity index (χ1v) is 11.7. The van der Waals surface area contributed by atoms with Gasteiger partial charge in [0.25, 0.3) is 0 Å². The second-order valence-electron chi connectivity index (χ2n) is 9.31. The fraction of sp³-hybridized carbons (Fsp3) is 0.538.